The number of rotatable bonds is 7. The molecule has 0 aliphatic carbocycles. The fraction of sp³-hybridized carbons (Fsp3) is 0.500. The quantitative estimate of drug-likeness (QED) is 0.483. The minimum Gasteiger partial charge on any atom is -0.493 e. The topological polar surface area (TPSA) is 18.5 Å². The molecule has 0 radical (unpaired) electrons. The fourth-order valence-corrected chi connectivity index (χ4v) is 2.17. The molecule has 0 heterocycles. The lowest BCUT2D eigenvalue weighted by atomic mass is 10.2. The standard InChI is InChI=1S/C12H13Br2F3O2/c13-7-9-6-10(14)2-3-11(9)19-5-1-4-18-8-12(15,16)17/h2-3,6H,1,4-5,7-8H2. The molecule has 1 rings (SSSR count). The summed E-state index contributed by atoms with van der Waals surface area (Å²) in [5.41, 5.74) is 0.977. The van der Waals surface area contributed by atoms with Gasteiger partial charge in [-0.2, -0.15) is 13.2 Å². The van der Waals surface area contributed by atoms with Gasteiger partial charge in [-0.3, -0.25) is 0 Å². The molecule has 0 aromatic heterocycles. The number of hydrogen-bond acceptors (Lipinski definition) is 2. The summed E-state index contributed by atoms with van der Waals surface area (Å²) in [6.07, 6.45) is -3.86. The lowest BCUT2D eigenvalue weighted by Crippen LogP contribution is -2.18. The van der Waals surface area contributed by atoms with E-state index in [1.54, 1.807) is 0 Å². The summed E-state index contributed by atoms with van der Waals surface area (Å²) in [5.74, 6) is 0.718. The smallest absolute Gasteiger partial charge is 0.411 e. The maximum Gasteiger partial charge on any atom is 0.411 e. The molecule has 1 aromatic carbocycles. The molecule has 0 amide bonds. The second kappa shape index (κ2) is 8.11. The number of alkyl halides is 4. The van der Waals surface area contributed by atoms with Crippen LogP contribution in [0.2, 0.25) is 0 Å². The summed E-state index contributed by atoms with van der Waals surface area (Å²) < 4.78 is 46.3. The predicted octanol–water partition coefficient (Wildman–Crippen LogP) is 4.69. The molecular formula is C12H13Br2F3O2. The van der Waals surface area contributed by atoms with Crippen LogP contribution in [0.15, 0.2) is 22.7 Å². The van der Waals surface area contributed by atoms with Gasteiger partial charge in [-0.1, -0.05) is 31.9 Å². The largest absolute Gasteiger partial charge is 0.493 e. The Morgan fingerprint density at radius 2 is 1.89 bits per heavy atom. The predicted molar refractivity (Wildman–Crippen MR) is 73.8 cm³/mol. The van der Waals surface area contributed by atoms with Crippen molar-refractivity contribution in [3.8, 4) is 5.75 Å². The Balaban J connectivity index is 2.26. The van der Waals surface area contributed by atoms with E-state index < -0.39 is 12.8 Å². The normalized spacial score (nSPS) is 11.6. The van der Waals surface area contributed by atoms with Crippen LogP contribution in [0.4, 0.5) is 13.2 Å². The van der Waals surface area contributed by atoms with Gasteiger partial charge in [0.1, 0.15) is 12.4 Å². The lowest BCUT2D eigenvalue weighted by molar-refractivity contribution is -0.174. The summed E-state index contributed by atoms with van der Waals surface area (Å²) in [6, 6.07) is 5.59. The molecule has 0 saturated heterocycles. The average molecular weight is 406 g/mol. The highest BCUT2D eigenvalue weighted by atomic mass is 79.9. The Morgan fingerprint density at radius 3 is 2.53 bits per heavy atom. The third-order valence-corrected chi connectivity index (χ3v) is 3.22. The summed E-state index contributed by atoms with van der Waals surface area (Å²) in [6.45, 7) is -0.864. The Morgan fingerprint density at radius 1 is 1.16 bits per heavy atom. The third kappa shape index (κ3) is 7.17. The highest BCUT2D eigenvalue weighted by Gasteiger charge is 2.27. The van der Waals surface area contributed by atoms with Crippen LogP contribution < -0.4 is 4.74 Å². The highest BCUT2D eigenvalue weighted by Crippen LogP contribution is 2.25. The molecule has 108 valence electrons. The van der Waals surface area contributed by atoms with Gasteiger partial charge in [0, 0.05) is 21.8 Å². The van der Waals surface area contributed by atoms with Gasteiger partial charge in [-0.15, -0.1) is 0 Å². The molecule has 19 heavy (non-hydrogen) atoms. The number of halogens is 5. The van der Waals surface area contributed by atoms with Crippen LogP contribution in [0.25, 0.3) is 0 Å². The van der Waals surface area contributed by atoms with Gasteiger partial charge in [0.25, 0.3) is 0 Å². The van der Waals surface area contributed by atoms with Crippen LogP contribution in [0.3, 0.4) is 0 Å². The van der Waals surface area contributed by atoms with Gasteiger partial charge >= 0.3 is 6.18 Å². The second-order valence-electron chi connectivity index (χ2n) is 3.76. The van der Waals surface area contributed by atoms with Crippen LogP contribution in [0, 0.1) is 0 Å². The highest BCUT2D eigenvalue weighted by molar-refractivity contribution is 9.10. The van der Waals surface area contributed by atoms with E-state index in [0.717, 1.165) is 15.8 Å². The van der Waals surface area contributed by atoms with Crippen molar-refractivity contribution in [3.05, 3.63) is 28.2 Å². The van der Waals surface area contributed by atoms with Crippen molar-refractivity contribution in [2.45, 2.75) is 17.9 Å². The molecule has 0 fully saturated rings. The second-order valence-corrected chi connectivity index (χ2v) is 5.23. The first-order valence-electron chi connectivity index (χ1n) is 5.54. The van der Waals surface area contributed by atoms with Crippen LogP contribution in [-0.2, 0) is 10.1 Å². The van der Waals surface area contributed by atoms with Crippen molar-refractivity contribution >= 4 is 31.9 Å². The van der Waals surface area contributed by atoms with Gasteiger partial charge < -0.3 is 9.47 Å². The minimum atomic E-state index is -4.27. The van der Waals surface area contributed by atoms with Crippen LogP contribution in [0.5, 0.6) is 5.75 Å². The average Bonchev–Trinajstić information content (AvgIpc) is 2.33. The first kappa shape index (κ1) is 16.8. The van der Waals surface area contributed by atoms with Crippen LogP contribution in [-0.4, -0.2) is 26.0 Å². The van der Waals surface area contributed by atoms with Gasteiger partial charge in [0.2, 0.25) is 0 Å². The molecule has 0 spiro atoms. The Kier molecular flexibility index (Phi) is 7.17. The van der Waals surface area contributed by atoms with E-state index in [1.807, 2.05) is 18.2 Å². The van der Waals surface area contributed by atoms with E-state index in [1.165, 1.54) is 0 Å². The van der Waals surface area contributed by atoms with Crippen molar-refractivity contribution in [2.24, 2.45) is 0 Å². The monoisotopic (exact) mass is 404 g/mol. The Bertz CT molecular complexity index is 397. The zero-order chi connectivity index (χ0) is 14.3. The maximum absolute atomic E-state index is 11.8. The summed E-state index contributed by atoms with van der Waals surface area (Å²) >= 11 is 6.70. The van der Waals surface area contributed by atoms with Crippen LogP contribution in [0.1, 0.15) is 12.0 Å². The maximum atomic E-state index is 11.8. The number of benzene rings is 1. The van der Waals surface area contributed by atoms with Crippen molar-refractivity contribution in [1.29, 1.82) is 0 Å². The van der Waals surface area contributed by atoms with E-state index >= 15 is 0 Å². The molecule has 0 N–H and O–H groups in total. The van der Waals surface area contributed by atoms with Crippen LogP contribution >= 0.6 is 31.9 Å². The summed E-state index contributed by atoms with van der Waals surface area (Å²) in [7, 11) is 0. The third-order valence-electron chi connectivity index (χ3n) is 2.12. The molecule has 0 bridgehead atoms. The Labute approximate surface area is 126 Å². The summed E-state index contributed by atoms with van der Waals surface area (Å²) in [5, 5.41) is 0.645. The van der Waals surface area contributed by atoms with E-state index in [9.17, 15) is 13.2 Å². The number of hydrogen-bond donors (Lipinski definition) is 0. The molecule has 0 aliphatic heterocycles. The van der Waals surface area contributed by atoms with E-state index in [-0.39, 0.29) is 6.61 Å². The lowest BCUT2D eigenvalue weighted by Gasteiger charge is -2.11. The first-order chi connectivity index (χ1) is 8.92. The molecule has 0 unspecified atom stereocenters. The summed E-state index contributed by atoms with van der Waals surface area (Å²) in [4.78, 5) is 0. The molecular weight excluding hydrogens is 393 g/mol. The molecule has 0 aliphatic rings. The van der Waals surface area contributed by atoms with Gasteiger partial charge in [0.05, 0.1) is 13.2 Å². The molecule has 2 nitrogen and oxygen atoms in total. The fourth-order valence-electron chi connectivity index (χ4n) is 1.32. The zero-order valence-electron chi connectivity index (χ0n) is 9.97. The minimum absolute atomic E-state index is 0.0275. The van der Waals surface area contributed by atoms with Gasteiger partial charge in [0.15, 0.2) is 0 Å². The van der Waals surface area contributed by atoms with Crippen molar-refractivity contribution in [3.63, 3.8) is 0 Å². The SMILES string of the molecule is FC(F)(F)COCCCOc1ccc(Br)cc1CBr. The first-order valence-corrected chi connectivity index (χ1v) is 7.45. The molecule has 0 atom stereocenters. The number of ether oxygens (including phenoxy) is 2. The van der Waals surface area contributed by atoms with Crippen molar-refractivity contribution < 1.29 is 22.6 Å². The van der Waals surface area contributed by atoms with Crippen molar-refractivity contribution in [2.75, 3.05) is 19.8 Å². The van der Waals surface area contributed by atoms with E-state index in [2.05, 4.69) is 36.6 Å². The van der Waals surface area contributed by atoms with Gasteiger partial charge in [-0.05, 0) is 18.2 Å². The van der Waals surface area contributed by atoms with E-state index in [4.69, 9.17) is 4.74 Å². The molecule has 1 aromatic rings. The zero-order valence-corrected chi connectivity index (χ0v) is 13.1. The van der Waals surface area contributed by atoms with Crippen molar-refractivity contribution in [1.82, 2.24) is 0 Å². The Hall–Kier alpha value is -0.270. The molecule has 0 saturated carbocycles. The van der Waals surface area contributed by atoms with E-state index in [0.29, 0.717) is 18.4 Å². The molecule has 7 heteroatoms. The van der Waals surface area contributed by atoms with Gasteiger partial charge in [-0.25, -0.2) is 0 Å².